The van der Waals surface area contributed by atoms with Gasteiger partial charge in [-0.25, -0.2) is 28.7 Å². The van der Waals surface area contributed by atoms with Crippen molar-refractivity contribution in [3.63, 3.8) is 0 Å². The van der Waals surface area contributed by atoms with Crippen LogP contribution in [0.2, 0.25) is 0 Å². The smallest absolute Gasteiger partial charge is 0.163 e. The number of fused-ring (bicyclic) bond motifs is 2. The Hall–Kier alpha value is -3.02. The van der Waals surface area contributed by atoms with Crippen molar-refractivity contribution in [2.24, 2.45) is 0 Å². The van der Waals surface area contributed by atoms with Gasteiger partial charge >= 0.3 is 0 Å². The van der Waals surface area contributed by atoms with E-state index >= 15 is 4.39 Å². The molecule has 0 aliphatic rings. The second-order valence-electron chi connectivity index (χ2n) is 7.49. The van der Waals surface area contributed by atoms with Crippen molar-refractivity contribution in [3.05, 3.63) is 59.7 Å². The van der Waals surface area contributed by atoms with E-state index < -0.39 is 5.82 Å². The molecule has 0 aliphatic carbocycles. The van der Waals surface area contributed by atoms with E-state index in [0.717, 1.165) is 16.8 Å². The fraction of sp³-hybridized carbons (Fsp3) is 0.273. The second kappa shape index (κ2) is 6.86. The Kier molecular flexibility index (Phi) is 4.49. The van der Waals surface area contributed by atoms with Crippen LogP contribution in [0, 0.1) is 11.6 Å². The van der Waals surface area contributed by atoms with E-state index in [1.54, 1.807) is 18.2 Å². The number of hydrogen-bond acceptors (Lipinski definition) is 4. The van der Waals surface area contributed by atoms with Crippen LogP contribution in [0.15, 0.2) is 36.7 Å². The van der Waals surface area contributed by atoms with Gasteiger partial charge in [0.25, 0.3) is 0 Å². The number of nitrogens with zero attached hydrogens (tertiary/aromatic N) is 4. The molecule has 0 aliphatic heterocycles. The van der Waals surface area contributed by atoms with Crippen LogP contribution >= 0.6 is 0 Å². The lowest BCUT2D eigenvalue weighted by Crippen LogP contribution is -2.03. The van der Waals surface area contributed by atoms with Gasteiger partial charge in [-0.1, -0.05) is 33.8 Å². The van der Waals surface area contributed by atoms with E-state index in [1.165, 1.54) is 18.5 Å². The van der Waals surface area contributed by atoms with Gasteiger partial charge in [0.2, 0.25) is 0 Å². The number of rotatable bonds is 3. The summed E-state index contributed by atoms with van der Waals surface area (Å²) in [5.74, 6) is -0.436. The lowest BCUT2D eigenvalue weighted by atomic mass is 10.0. The fourth-order valence-corrected chi connectivity index (χ4v) is 3.44. The van der Waals surface area contributed by atoms with Gasteiger partial charge in [0.1, 0.15) is 17.7 Å². The Morgan fingerprint density at radius 2 is 1.50 bits per heavy atom. The van der Waals surface area contributed by atoms with Gasteiger partial charge in [-0.15, -0.1) is 0 Å². The van der Waals surface area contributed by atoms with Gasteiger partial charge in [-0.3, -0.25) is 0 Å². The first-order valence-corrected chi connectivity index (χ1v) is 9.27. The molecule has 142 valence electrons. The molecule has 0 saturated heterocycles. The van der Waals surface area contributed by atoms with Crippen LogP contribution in [-0.2, 0) is 0 Å². The molecule has 2 aromatic carbocycles. The molecule has 4 nitrogen and oxygen atoms in total. The van der Waals surface area contributed by atoms with E-state index in [9.17, 15) is 4.39 Å². The zero-order valence-electron chi connectivity index (χ0n) is 16.2. The first kappa shape index (κ1) is 18.3. The summed E-state index contributed by atoms with van der Waals surface area (Å²) in [7, 11) is 0. The largest absolute Gasteiger partial charge is 0.240 e. The van der Waals surface area contributed by atoms with Gasteiger partial charge in [-0.2, -0.15) is 0 Å². The average molecular weight is 378 g/mol. The van der Waals surface area contributed by atoms with Gasteiger partial charge < -0.3 is 0 Å². The van der Waals surface area contributed by atoms with Crippen molar-refractivity contribution in [2.75, 3.05) is 0 Å². The highest BCUT2D eigenvalue weighted by atomic mass is 19.1. The molecular weight excluding hydrogens is 358 g/mol. The highest BCUT2D eigenvalue weighted by Gasteiger charge is 2.19. The van der Waals surface area contributed by atoms with Crippen LogP contribution in [0.1, 0.15) is 50.9 Å². The molecule has 4 aromatic rings. The maximum Gasteiger partial charge on any atom is 0.163 e. The Morgan fingerprint density at radius 3 is 2.21 bits per heavy atom. The van der Waals surface area contributed by atoms with Gasteiger partial charge in [0.05, 0.1) is 22.5 Å². The molecule has 2 heterocycles. The van der Waals surface area contributed by atoms with Crippen LogP contribution in [0.3, 0.4) is 0 Å². The molecule has 0 atom stereocenters. The minimum atomic E-state index is -0.493. The average Bonchev–Trinajstić information content (AvgIpc) is 2.66. The Morgan fingerprint density at radius 1 is 0.786 bits per heavy atom. The minimum Gasteiger partial charge on any atom is -0.240 e. The fourth-order valence-electron chi connectivity index (χ4n) is 3.44. The predicted molar refractivity (Wildman–Crippen MR) is 106 cm³/mol. The molecule has 28 heavy (non-hydrogen) atoms. The summed E-state index contributed by atoms with van der Waals surface area (Å²) in [6, 6.07) is 7.86. The molecule has 0 unspecified atom stereocenters. The van der Waals surface area contributed by atoms with E-state index in [1.807, 2.05) is 27.7 Å². The van der Waals surface area contributed by atoms with Crippen molar-refractivity contribution in [2.45, 2.75) is 39.5 Å². The first-order chi connectivity index (χ1) is 13.4. The van der Waals surface area contributed by atoms with Crippen LogP contribution < -0.4 is 0 Å². The standard InChI is InChI=1S/C22H20F2N4/c1-11(2)19-16-8-7-15(18(24)21(16)26-10-25-19)22-27-17-9-13(23)5-6-14(17)20(28-22)12(3)4/h5-12H,1-4H3. The summed E-state index contributed by atoms with van der Waals surface area (Å²) in [5, 5.41) is 1.44. The highest BCUT2D eigenvalue weighted by Crippen LogP contribution is 2.32. The SMILES string of the molecule is CC(C)c1nc(-c2ccc3c(C(C)C)ncnc3c2F)nc2cc(F)ccc12. The number of hydrogen-bond donors (Lipinski definition) is 0. The van der Waals surface area contributed by atoms with Crippen LogP contribution in [0.5, 0.6) is 0 Å². The van der Waals surface area contributed by atoms with E-state index in [4.69, 9.17) is 0 Å². The van der Waals surface area contributed by atoms with Crippen molar-refractivity contribution < 1.29 is 8.78 Å². The summed E-state index contributed by atoms with van der Waals surface area (Å²) >= 11 is 0. The highest BCUT2D eigenvalue weighted by molar-refractivity contribution is 5.88. The van der Waals surface area contributed by atoms with Crippen LogP contribution in [0.4, 0.5) is 8.78 Å². The number of halogens is 2. The van der Waals surface area contributed by atoms with E-state index in [-0.39, 0.29) is 34.6 Å². The van der Waals surface area contributed by atoms with E-state index in [2.05, 4.69) is 19.9 Å². The molecule has 0 fully saturated rings. The molecular formula is C22H20F2N4. The zero-order chi connectivity index (χ0) is 20.0. The number of aromatic nitrogens is 4. The summed E-state index contributed by atoms with van der Waals surface area (Å²) in [6.45, 7) is 7.99. The third kappa shape index (κ3) is 2.99. The molecule has 0 spiro atoms. The normalized spacial score (nSPS) is 11.9. The molecule has 0 N–H and O–H groups in total. The molecule has 4 rings (SSSR count). The molecule has 0 amide bonds. The minimum absolute atomic E-state index is 0.0769. The van der Waals surface area contributed by atoms with Crippen LogP contribution in [-0.4, -0.2) is 19.9 Å². The van der Waals surface area contributed by atoms with Crippen molar-refractivity contribution >= 4 is 21.8 Å². The molecule has 6 heteroatoms. The number of benzene rings is 2. The summed E-state index contributed by atoms with van der Waals surface area (Å²) in [5.41, 5.74) is 2.49. The quantitative estimate of drug-likeness (QED) is 0.454. The van der Waals surface area contributed by atoms with Crippen molar-refractivity contribution in [1.82, 2.24) is 19.9 Å². The zero-order valence-corrected chi connectivity index (χ0v) is 16.2. The lowest BCUT2D eigenvalue weighted by molar-refractivity contribution is 0.629. The first-order valence-electron chi connectivity index (χ1n) is 9.27. The maximum absolute atomic E-state index is 15.4. The topological polar surface area (TPSA) is 51.6 Å². The lowest BCUT2D eigenvalue weighted by Gasteiger charge is -2.13. The Labute approximate surface area is 161 Å². The third-order valence-corrected chi connectivity index (χ3v) is 4.80. The van der Waals surface area contributed by atoms with Gasteiger partial charge in [0, 0.05) is 16.8 Å². The van der Waals surface area contributed by atoms with E-state index in [0.29, 0.717) is 10.9 Å². The monoisotopic (exact) mass is 378 g/mol. The molecule has 0 saturated carbocycles. The van der Waals surface area contributed by atoms with Gasteiger partial charge in [0.15, 0.2) is 11.6 Å². The van der Waals surface area contributed by atoms with Crippen molar-refractivity contribution in [3.8, 4) is 11.4 Å². The Bertz CT molecular complexity index is 1200. The summed E-state index contributed by atoms with van der Waals surface area (Å²) in [4.78, 5) is 17.5. The van der Waals surface area contributed by atoms with Gasteiger partial charge in [-0.05, 0) is 30.0 Å². The predicted octanol–water partition coefficient (Wildman–Crippen LogP) is 5.77. The molecule has 0 radical (unpaired) electrons. The summed E-state index contributed by atoms with van der Waals surface area (Å²) < 4.78 is 29.1. The third-order valence-electron chi connectivity index (χ3n) is 4.80. The van der Waals surface area contributed by atoms with Crippen molar-refractivity contribution in [1.29, 1.82) is 0 Å². The molecule has 2 aromatic heterocycles. The molecule has 0 bridgehead atoms. The van der Waals surface area contributed by atoms with Crippen LogP contribution in [0.25, 0.3) is 33.2 Å². The Balaban J connectivity index is 2.00. The second-order valence-corrected chi connectivity index (χ2v) is 7.49. The summed E-state index contributed by atoms with van der Waals surface area (Å²) in [6.07, 6.45) is 1.38. The maximum atomic E-state index is 15.4.